The summed E-state index contributed by atoms with van der Waals surface area (Å²) in [6.07, 6.45) is 1.44. The molecule has 0 aliphatic carbocycles. The summed E-state index contributed by atoms with van der Waals surface area (Å²) in [5, 5.41) is 18.5. The molecule has 0 aromatic heterocycles. The van der Waals surface area contributed by atoms with Crippen molar-refractivity contribution in [1.82, 2.24) is 0 Å². The van der Waals surface area contributed by atoms with E-state index < -0.39 is 5.78 Å². The third kappa shape index (κ3) is 3.43. The molecule has 0 saturated heterocycles. The van der Waals surface area contributed by atoms with Gasteiger partial charge in [-0.25, -0.2) is 0 Å². The molecule has 0 radical (unpaired) electrons. The van der Waals surface area contributed by atoms with Gasteiger partial charge in [-0.3, -0.25) is 4.79 Å². The number of rotatable bonds is 5. The Bertz CT molecular complexity index is 886. The second-order valence-electron chi connectivity index (χ2n) is 4.77. The first-order chi connectivity index (χ1) is 11.6. The zero-order chi connectivity index (χ0) is 17.5. The SMILES string of the molecule is COc1ccc(C=C(C#N)C(=O)c2ccccc2OC)cc1C#N. The number of nitrogens with zero attached hydrogens (tertiary/aromatic N) is 2. The fraction of sp³-hybridized carbons (Fsp3) is 0.105. The Balaban J connectivity index is 2.45. The van der Waals surface area contributed by atoms with Gasteiger partial charge in [-0.1, -0.05) is 18.2 Å². The first-order valence-corrected chi connectivity index (χ1v) is 7.02. The molecule has 0 fully saturated rings. The lowest BCUT2D eigenvalue weighted by atomic mass is 10.0. The number of ketones is 1. The quantitative estimate of drug-likeness (QED) is 0.479. The average Bonchev–Trinajstić information content (AvgIpc) is 2.65. The summed E-state index contributed by atoms with van der Waals surface area (Å²) >= 11 is 0. The van der Waals surface area contributed by atoms with E-state index in [1.54, 1.807) is 42.5 Å². The fourth-order valence-electron chi connectivity index (χ4n) is 2.20. The van der Waals surface area contributed by atoms with Crippen molar-refractivity contribution in [2.24, 2.45) is 0 Å². The van der Waals surface area contributed by atoms with Crippen LogP contribution >= 0.6 is 0 Å². The van der Waals surface area contributed by atoms with Crippen LogP contribution in [0.5, 0.6) is 11.5 Å². The minimum atomic E-state index is -0.440. The van der Waals surface area contributed by atoms with E-state index in [1.165, 1.54) is 20.3 Å². The fourth-order valence-corrected chi connectivity index (χ4v) is 2.20. The topological polar surface area (TPSA) is 83.1 Å². The predicted octanol–water partition coefficient (Wildman–Crippen LogP) is 3.37. The van der Waals surface area contributed by atoms with Crippen LogP contribution in [-0.4, -0.2) is 20.0 Å². The molecule has 2 rings (SSSR count). The Morgan fingerprint density at radius 2 is 1.75 bits per heavy atom. The number of nitriles is 2. The van der Waals surface area contributed by atoms with Gasteiger partial charge in [0.25, 0.3) is 0 Å². The summed E-state index contributed by atoms with van der Waals surface area (Å²) in [7, 11) is 2.93. The van der Waals surface area contributed by atoms with E-state index in [0.29, 0.717) is 28.2 Å². The van der Waals surface area contributed by atoms with Crippen LogP contribution in [0.3, 0.4) is 0 Å². The molecule has 24 heavy (non-hydrogen) atoms. The average molecular weight is 318 g/mol. The van der Waals surface area contributed by atoms with Crippen molar-refractivity contribution in [2.45, 2.75) is 0 Å². The van der Waals surface area contributed by atoms with Crippen molar-refractivity contribution >= 4 is 11.9 Å². The zero-order valence-corrected chi connectivity index (χ0v) is 13.2. The van der Waals surface area contributed by atoms with Gasteiger partial charge in [0, 0.05) is 0 Å². The third-order valence-electron chi connectivity index (χ3n) is 3.37. The molecular weight excluding hydrogens is 304 g/mol. The van der Waals surface area contributed by atoms with Gasteiger partial charge in [0.1, 0.15) is 29.2 Å². The highest BCUT2D eigenvalue weighted by Gasteiger charge is 2.16. The highest BCUT2D eigenvalue weighted by molar-refractivity contribution is 6.15. The summed E-state index contributed by atoms with van der Waals surface area (Å²) < 4.78 is 10.2. The maximum atomic E-state index is 12.6. The van der Waals surface area contributed by atoms with E-state index in [-0.39, 0.29) is 5.57 Å². The summed E-state index contributed by atoms with van der Waals surface area (Å²) in [4.78, 5) is 12.6. The maximum Gasteiger partial charge on any atom is 0.207 e. The number of para-hydroxylation sites is 1. The van der Waals surface area contributed by atoms with E-state index in [1.807, 2.05) is 12.1 Å². The van der Waals surface area contributed by atoms with Crippen LogP contribution in [0.2, 0.25) is 0 Å². The monoisotopic (exact) mass is 318 g/mol. The molecule has 5 nitrogen and oxygen atoms in total. The highest BCUT2D eigenvalue weighted by Crippen LogP contribution is 2.24. The standard InChI is InChI=1S/C19H14N2O3/c1-23-17-8-7-13(9-14(17)11-20)10-15(12-21)19(22)16-5-3-4-6-18(16)24-2/h3-10H,1-2H3. The second-order valence-corrected chi connectivity index (χ2v) is 4.77. The number of allylic oxidation sites excluding steroid dienone is 1. The minimum absolute atomic E-state index is 0.0476. The molecule has 0 unspecified atom stereocenters. The van der Waals surface area contributed by atoms with Gasteiger partial charge in [-0.15, -0.1) is 0 Å². The van der Waals surface area contributed by atoms with E-state index >= 15 is 0 Å². The predicted molar refractivity (Wildman–Crippen MR) is 88.6 cm³/mol. The molecule has 2 aromatic rings. The lowest BCUT2D eigenvalue weighted by molar-refractivity contribution is 0.103. The van der Waals surface area contributed by atoms with Gasteiger partial charge < -0.3 is 9.47 Å². The van der Waals surface area contributed by atoms with Crippen LogP contribution in [-0.2, 0) is 0 Å². The van der Waals surface area contributed by atoms with Gasteiger partial charge in [-0.2, -0.15) is 10.5 Å². The van der Waals surface area contributed by atoms with Crippen molar-refractivity contribution in [3.05, 3.63) is 64.7 Å². The Kier molecular flexibility index (Phi) is 5.33. The molecule has 118 valence electrons. The van der Waals surface area contributed by atoms with Gasteiger partial charge >= 0.3 is 0 Å². The Morgan fingerprint density at radius 1 is 1.04 bits per heavy atom. The number of hydrogen-bond acceptors (Lipinski definition) is 5. The number of carbonyl (C=O) groups is 1. The Hall–Kier alpha value is -3.57. The second kappa shape index (κ2) is 7.62. The number of Topliss-reactive ketones (excluding diaryl/α,β-unsaturated/α-hetero) is 1. The Morgan fingerprint density at radius 3 is 2.38 bits per heavy atom. The van der Waals surface area contributed by atoms with Crippen LogP contribution in [0.4, 0.5) is 0 Å². The zero-order valence-electron chi connectivity index (χ0n) is 13.2. The molecule has 5 heteroatoms. The molecule has 0 N–H and O–H groups in total. The summed E-state index contributed by atoms with van der Waals surface area (Å²) in [5.74, 6) is 0.393. The van der Waals surface area contributed by atoms with Crippen molar-refractivity contribution < 1.29 is 14.3 Å². The third-order valence-corrected chi connectivity index (χ3v) is 3.37. The van der Waals surface area contributed by atoms with E-state index in [9.17, 15) is 10.1 Å². The van der Waals surface area contributed by atoms with Crippen molar-refractivity contribution in [3.63, 3.8) is 0 Å². The van der Waals surface area contributed by atoms with Crippen LogP contribution in [0.15, 0.2) is 48.0 Å². The smallest absolute Gasteiger partial charge is 0.207 e. The van der Waals surface area contributed by atoms with Crippen LogP contribution < -0.4 is 9.47 Å². The number of benzene rings is 2. The highest BCUT2D eigenvalue weighted by atomic mass is 16.5. The van der Waals surface area contributed by atoms with Crippen LogP contribution in [0.25, 0.3) is 6.08 Å². The normalized spacial score (nSPS) is 10.4. The lowest BCUT2D eigenvalue weighted by Gasteiger charge is -2.07. The van der Waals surface area contributed by atoms with E-state index in [0.717, 1.165) is 0 Å². The van der Waals surface area contributed by atoms with Crippen LogP contribution in [0.1, 0.15) is 21.5 Å². The van der Waals surface area contributed by atoms with Crippen molar-refractivity contribution in [2.75, 3.05) is 14.2 Å². The summed E-state index contributed by atoms with van der Waals surface area (Å²) in [6.45, 7) is 0. The van der Waals surface area contributed by atoms with E-state index in [2.05, 4.69) is 0 Å². The number of hydrogen-bond donors (Lipinski definition) is 0. The Labute approximate surface area is 140 Å². The van der Waals surface area contributed by atoms with Crippen molar-refractivity contribution in [3.8, 4) is 23.6 Å². The molecule has 2 aromatic carbocycles. The largest absolute Gasteiger partial charge is 0.496 e. The van der Waals surface area contributed by atoms with Crippen molar-refractivity contribution in [1.29, 1.82) is 10.5 Å². The molecule has 0 heterocycles. The first kappa shape index (κ1) is 16.8. The van der Waals surface area contributed by atoms with Gasteiger partial charge in [0.15, 0.2) is 0 Å². The molecule has 0 bridgehead atoms. The molecule has 0 aliphatic heterocycles. The molecule has 0 atom stereocenters. The minimum Gasteiger partial charge on any atom is -0.496 e. The molecular formula is C19H14N2O3. The van der Waals surface area contributed by atoms with Crippen LogP contribution in [0, 0.1) is 22.7 Å². The summed E-state index contributed by atoms with van der Waals surface area (Å²) in [6, 6.07) is 15.5. The van der Waals surface area contributed by atoms with Gasteiger partial charge in [-0.05, 0) is 35.9 Å². The first-order valence-electron chi connectivity index (χ1n) is 7.02. The number of methoxy groups -OCH3 is 2. The summed E-state index contributed by atoms with van der Waals surface area (Å²) in [5.41, 5.74) is 1.15. The molecule has 0 saturated carbocycles. The van der Waals surface area contributed by atoms with Gasteiger partial charge in [0.05, 0.1) is 25.3 Å². The number of carbonyl (C=O) groups excluding carboxylic acids is 1. The number of ether oxygens (including phenoxy) is 2. The molecule has 0 aliphatic rings. The molecule has 0 amide bonds. The van der Waals surface area contributed by atoms with E-state index in [4.69, 9.17) is 14.7 Å². The lowest BCUT2D eigenvalue weighted by Crippen LogP contribution is -2.04. The maximum absolute atomic E-state index is 12.6. The van der Waals surface area contributed by atoms with Gasteiger partial charge in [0.2, 0.25) is 5.78 Å². The molecule has 0 spiro atoms.